The molecule has 122 valence electrons. The van der Waals surface area contributed by atoms with Crippen LogP contribution in [-0.2, 0) is 6.18 Å². The Morgan fingerprint density at radius 3 is 2.61 bits per heavy atom. The van der Waals surface area contributed by atoms with Crippen molar-refractivity contribution in [3.05, 3.63) is 52.4 Å². The molecule has 0 aliphatic carbocycles. The van der Waals surface area contributed by atoms with Crippen molar-refractivity contribution in [3.8, 4) is 0 Å². The maximum atomic E-state index is 13.8. The number of amides is 1. The smallest absolute Gasteiger partial charge is 0.322 e. The Morgan fingerprint density at radius 1 is 1.30 bits per heavy atom. The van der Waals surface area contributed by atoms with Crippen molar-refractivity contribution in [2.45, 2.75) is 11.2 Å². The highest BCUT2D eigenvalue weighted by atomic mass is 35.5. The van der Waals surface area contributed by atoms with Crippen LogP contribution in [0, 0.1) is 5.82 Å². The monoisotopic (exact) mass is 364 g/mol. The quantitative estimate of drug-likeness (QED) is 0.624. The van der Waals surface area contributed by atoms with Gasteiger partial charge in [0.25, 0.3) is 5.91 Å². The van der Waals surface area contributed by atoms with Crippen molar-refractivity contribution in [1.82, 2.24) is 4.98 Å². The van der Waals surface area contributed by atoms with E-state index in [-0.39, 0.29) is 6.07 Å². The number of anilines is 1. The molecule has 0 radical (unpaired) electrons. The molecule has 2 aromatic rings. The van der Waals surface area contributed by atoms with Crippen molar-refractivity contribution < 1.29 is 22.4 Å². The van der Waals surface area contributed by atoms with Gasteiger partial charge in [-0.1, -0.05) is 11.6 Å². The van der Waals surface area contributed by atoms with E-state index in [0.717, 1.165) is 0 Å². The molecule has 0 aliphatic rings. The Kier molecular flexibility index (Phi) is 5.16. The molecule has 0 spiro atoms. The Hall–Kier alpha value is -1.80. The minimum atomic E-state index is -4.80. The molecule has 1 aromatic heterocycles. The zero-order chi connectivity index (χ0) is 17.2. The molecule has 0 aliphatic heterocycles. The van der Waals surface area contributed by atoms with Gasteiger partial charge in [-0.05, 0) is 30.5 Å². The highest BCUT2D eigenvalue weighted by molar-refractivity contribution is 7.98. The van der Waals surface area contributed by atoms with Gasteiger partial charge in [-0.2, -0.15) is 13.2 Å². The van der Waals surface area contributed by atoms with Gasteiger partial charge in [0.2, 0.25) is 0 Å². The average Bonchev–Trinajstić information content (AvgIpc) is 2.48. The van der Waals surface area contributed by atoms with Crippen molar-refractivity contribution in [1.29, 1.82) is 0 Å². The van der Waals surface area contributed by atoms with E-state index in [1.165, 1.54) is 24.0 Å². The number of carbonyl (C=O) groups excluding carboxylic acids is 1. The number of hydrogen-bond acceptors (Lipinski definition) is 3. The van der Waals surface area contributed by atoms with Gasteiger partial charge >= 0.3 is 6.18 Å². The molecule has 2 rings (SSSR count). The predicted molar refractivity (Wildman–Crippen MR) is 80.4 cm³/mol. The number of thioether (sulfide) groups is 1. The second-order valence-electron chi connectivity index (χ2n) is 4.35. The molecule has 1 N–H and O–H groups in total. The second-order valence-corrected chi connectivity index (χ2v) is 5.58. The fourth-order valence-electron chi connectivity index (χ4n) is 1.74. The number of halogens is 5. The van der Waals surface area contributed by atoms with Crippen molar-refractivity contribution in [2.75, 3.05) is 11.6 Å². The summed E-state index contributed by atoms with van der Waals surface area (Å²) >= 11 is 6.83. The standard InChI is InChI=1S/C14H9ClF4N2OS/c1-23-12-4-7(2-3-20-12)21-13(22)8-5-10(15)9(6-11(8)16)14(17,18)19/h2-6H,1H3,(H,20,21,22). The van der Waals surface area contributed by atoms with Gasteiger partial charge < -0.3 is 5.32 Å². The Bertz CT molecular complexity index is 752. The van der Waals surface area contributed by atoms with E-state index in [1.54, 1.807) is 12.3 Å². The normalized spacial score (nSPS) is 11.4. The molecule has 1 aromatic carbocycles. The fourth-order valence-corrected chi connectivity index (χ4v) is 2.42. The summed E-state index contributed by atoms with van der Waals surface area (Å²) in [5.74, 6) is -2.21. The third kappa shape index (κ3) is 4.14. The number of rotatable bonds is 3. The molecule has 3 nitrogen and oxygen atoms in total. The van der Waals surface area contributed by atoms with Gasteiger partial charge in [0.15, 0.2) is 0 Å². The Labute approximate surface area is 138 Å². The van der Waals surface area contributed by atoms with Crippen LogP contribution in [0.5, 0.6) is 0 Å². The van der Waals surface area contributed by atoms with Crippen molar-refractivity contribution in [2.24, 2.45) is 0 Å². The number of nitrogens with zero attached hydrogens (tertiary/aromatic N) is 1. The van der Waals surface area contributed by atoms with E-state index in [9.17, 15) is 22.4 Å². The summed E-state index contributed by atoms with van der Waals surface area (Å²) in [5, 5.41) is 2.26. The summed E-state index contributed by atoms with van der Waals surface area (Å²) in [6.45, 7) is 0. The van der Waals surface area contributed by atoms with Gasteiger partial charge in [0.05, 0.1) is 21.2 Å². The summed E-state index contributed by atoms with van der Waals surface area (Å²) < 4.78 is 51.7. The summed E-state index contributed by atoms with van der Waals surface area (Å²) in [4.78, 5) is 16.0. The number of benzene rings is 1. The minimum Gasteiger partial charge on any atom is -0.322 e. The zero-order valence-electron chi connectivity index (χ0n) is 11.5. The molecule has 0 atom stereocenters. The van der Waals surface area contributed by atoms with E-state index in [4.69, 9.17) is 11.6 Å². The van der Waals surface area contributed by atoms with Crippen LogP contribution >= 0.6 is 23.4 Å². The van der Waals surface area contributed by atoms with Crippen LogP contribution in [0.25, 0.3) is 0 Å². The number of aromatic nitrogens is 1. The van der Waals surface area contributed by atoms with Crippen LogP contribution in [0.3, 0.4) is 0 Å². The lowest BCUT2D eigenvalue weighted by molar-refractivity contribution is -0.137. The van der Waals surface area contributed by atoms with Crippen molar-refractivity contribution >= 4 is 35.0 Å². The molecule has 0 saturated carbocycles. The maximum Gasteiger partial charge on any atom is 0.417 e. The molecule has 9 heteroatoms. The fraction of sp³-hybridized carbons (Fsp3) is 0.143. The number of nitrogens with one attached hydrogen (secondary N) is 1. The summed E-state index contributed by atoms with van der Waals surface area (Å²) in [5.41, 5.74) is -1.57. The number of alkyl halides is 3. The van der Waals surface area contributed by atoms with Crippen LogP contribution in [0.4, 0.5) is 23.2 Å². The molecule has 1 amide bonds. The van der Waals surface area contributed by atoms with Crippen LogP contribution in [0.15, 0.2) is 35.5 Å². The molecular weight excluding hydrogens is 356 g/mol. The van der Waals surface area contributed by atoms with Gasteiger partial charge in [0.1, 0.15) is 5.82 Å². The van der Waals surface area contributed by atoms with Gasteiger partial charge in [0, 0.05) is 11.9 Å². The summed E-state index contributed by atoms with van der Waals surface area (Å²) in [6.07, 6.45) is -1.58. The highest BCUT2D eigenvalue weighted by Crippen LogP contribution is 2.36. The van der Waals surface area contributed by atoms with Crippen LogP contribution in [0.1, 0.15) is 15.9 Å². The molecule has 0 bridgehead atoms. The molecule has 0 unspecified atom stereocenters. The Balaban J connectivity index is 2.31. The van der Waals surface area contributed by atoms with Gasteiger partial charge in [-0.15, -0.1) is 11.8 Å². The Morgan fingerprint density at radius 2 is 2.00 bits per heavy atom. The topological polar surface area (TPSA) is 42.0 Å². The summed E-state index contributed by atoms with van der Waals surface area (Å²) in [6, 6.07) is 3.89. The molecule has 0 fully saturated rings. The first-order valence-electron chi connectivity index (χ1n) is 6.10. The average molecular weight is 365 g/mol. The summed E-state index contributed by atoms with van der Waals surface area (Å²) in [7, 11) is 0. The molecule has 1 heterocycles. The number of pyridine rings is 1. The third-order valence-corrected chi connectivity index (χ3v) is 3.76. The zero-order valence-corrected chi connectivity index (χ0v) is 13.1. The van der Waals surface area contributed by atoms with Gasteiger partial charge in [-0.3, -0.25) is 4.79 Å². The van der Waals surface area contributed by atoms with Crippen LogP contribution in [0.2, 0.25) is 5.02 Å². The van der Waals surface area contributed by atoms with E-state index in [2.05, 4.69) is 10.3 Å². The molecular formula is C14H9ClF4N2OS. The lowest BCUT2D eigenvalue weighted by Gasteiger charge is -2.12. The lowest BCUT2D eigenvalue weighted by atomic mass is 10.1. The first-order chi connectivity index (χ1) is 10.7. The first kappa shape index (κ1) is 17.6. The van der Waals surface area contributed by atoms with Crippen LogP contribution in [-0.4, -0.2) is 17.1 Å². The SMILES string of the molecule is CSc1cc(NC(=O)c2cc(Cl)c(C(F)(F)F)cc2F)ccn1. The first-order valence-corrected chi connectivity index (χ1v) is 7.70. The predicted octanol–water partition coefficient (Wildman–Crippen LogP) is 4.87. The molecule has 23 heavy (non-hydrogen) atoms. The maximum absolute atomic E-state index is 13.8. The third-order valence-electron chi connectivity index (χ3n) is 2.81. The van der Waals surface area contributed by atoms with Gasteiger partial charge in [-0.25, -0.2) is 9.37 Å². The second kappa shape index (κ2) is 6.76. The largest absolute Gasteiger partial charge is 0.417 e. The number of carbonyl (C=O) groups is 1. The van der Waals surface area contributed by atoms with Crippen molar-refractivity contribution in [3.63, 3.8) is 0 Å². The highest BCUT2D eigenvalue weighted by Gasteiger charge is 2.34. The number of hydrogen-bond donors (Lipinski definition) is 1. The van der Waals surface area contributed by atoms with E-state index in [0.29, 0.717) is 16.8 Å². The van der Waals surface area contributed by atoms with E-state index >= 15 is 0 Å². The lowest BCUT2D eigenvalue weighted by Crippen LogP contribution is -2.16. The molecule has 0 saturated heterocycles. The van der Waals surface area contributed by atoms with Crippen LogP contribution < -0.4 is 5.32 Å². The van der Waals surface area contributed by atoms with E-state index < -0.39 is 34.1 Å². The van der Waals surface area contributed by atoms with E-state index in [1.807, 2.05) is 0 Å². The minimum absolute atomic E-state index is 0.205.